The third kappa shape index (κ3) is 3.69. The van der Waals surface area contributed by atoms with Gasteiger partial charge >= 0.3 is 11.6 Å². The topological polar surface area (TPSA) is 56.5 Å². The number of hydrogen-bond donors (Lipinski definition) is 0. The Labute approximate surface area is 168 Å². The molecule has 0 radical (unpaired) electrons. The van der Waals surface area contributed by atoms with Crippen LogP contribution < -0.4 is 10.4 Å². The van der Waals surface area contributed by atoms with Crippen LogP contribution in [0, 0.1) is 12.8 Å². The van der Waals surface area contributed by atoms with Gasteiger partial charge in [-0.15, -0.1) is 0 Å². The lowest BCUT2D eigenvalue weighted by Crippen LogP contribution is -2.22. The Hall–Kier alpha value is -2.59. The minimum Gasteiger partial charge on any atom is -0.426 e. The number of ether oxygens (including phenoxy) is 1. The lowest BCUT2D eigenvalue weighted by atomic mass is 9.89. The number of hydrogen-bond acceptors (Lipinski definition) is 4. The Morgan fingerprint density at radius 1 is 1.07 bits per heavy atom. The second kappa shape index (κ2) is 7.80. The first-order chi connectivity index (χ1) is 13.5. The van der Waals surface area contributed by atoms with Crippen LogP contribution in [0.4, 0.5) is 0 Å². The van der Waals surface area contributed by atoms with Crippen molar-refractivity contribution in [2.45, 2.75) is 39.0 Å². The van der Waals surface area contributed by atoms with Crippen LogP contribution in [0.1, 0.15) is 37.7 Å². The van der Waals surface area contributed by atoms with E-state index < -0.39 is 5.63 Å². The van der Waals surface area contributed by atoms with Gasteiger partial charge in [-0.25, -0.2) is 4.79 Å². The molecule has 28 heavy (non-hydrogen) atoms. The van der Waals surface area contributed by atoms with E-state index in [0.29, 0.717) is 21.9 Å². The summed E-state index contributed by atoms with van der Waals surface area (Å²) < 4.78 is 11.1. The van der Waals surface area contributed by atoms with E-state index in [9.17, 15) is 9.59 Å². The van der Waals surface area contributed by atoms with Crippen LogP contribution >= 0.6 is 11.6 Å². The van der Waals surface area contributed by atoms with E-state index in [0.717, 1.165) is 42.2 Å². The molecule has 0 unspecified atom stereocenters. The Balaban J connectivity index is 1.71. The van der Waals surface area contributed by atoms with E-state index in [-0.39, 0.29) is 11.9 Å². The Kier molecular flexibility index (Phi) is 5.23. The van der Waals surface area contributed by atoms with Crippen molar-refractivity contribution in [1.29, 1.82) is 0 Å². The number of rotatable bonds is 3. The molecule has 0 spiro atoms. The molecule has 1 aliphatic rings. The molecule has 0 atom stereocenters. The largest absolute Gasteiger partial charge is 0.426 e. The van der Waals surface area contributed by atoms with Crippen LogP contribution in [0.3, 0.4) is 0 Å². The van der Waals surface area contributed by atoms with Crippen LogP contribution in [0.25, 0.3) is 22.1 Å². The van der Waals surface area contributed by atoms with Crippen molar-refractivity contribution in [1.82, 2.24) is 0 Å². The van der Waals surface area contributed by atoms with Gasteiger partial charge in [0.05, 0.1) is 11.5 Å². The molecule has 0 N–H and O–H groups in total. The molecule has 1 fully saturated rings. The standard InChI is InChI=1S/C23H21ClO4/c1-14-19-13-18(27-22(25)16-5-3-2-4-6-16)11-12-20(19)28-23(26)21(14)15-7-9-17(24)10-8-15/h7-13,16H,2-6H2,1H3. The van der Waals surface area contributed by atoms with Crippen molar-refractivity contribution >= 4 is 28.5 Å². The third-order valence-electron chi connectivity index (χ3n) is 5.43. The number of carbonyl (C=O) groups excluding carboxylic acids is 1. The highest BCUT2D eigenvalue weighted by atomic mass is 35.5. The summed E-state index contributed by atoms with van der Waals surface area (Å²) in [5.74, 6) is 0.276. The Bertz CT molecular complexity index is 1080. The Morgan fingerprint density at radius 2 is 1.79 bits per heavy atom. The molecule has 4 rings (SSSR count). The number of halogens is 1. The molecular weight excluding hydrogens is 376 g/mol. The van der Waals surface area contributed by atoms with Crippen LogP contribution in [-0.2, 0) is 4.79 Å². The van der Waals surface area contributed by atoms with Gasteiger partial charge < -0.3 is 9.15 Å². The molecule has 4 nitrogen and oxygen atoms in total. The lowest BCUT2D eigenvalue weighted by Gasteiger charge is -2.19. The van der Waals surface area contributed by atoms with Crippen molar-refractivity contribution < 1.29 is 13.9 Å². The molecule has 3 aromatic rings. The molecule has 1 saturated carbocycles. The molecule has 0 saturated heterocycles. The Morgan fingerprint density at radius 3 is 2.50 bits per heavy atom. The fraction of sp³-hybridized carbons (Fsp3) is 0.304. The fourth-order valence-electron chi connectivity index (χ4n) is 3.88. The number of esters is 1. The summed E-state index contributed by atoms with van der Waals surface area (Å²) in [6.07, 6.45) is 5.12. The van der Waals surface area contributed by atoms with Gasteiger partial charge in [-0.05, 0) is 61.2 Å². The maximum absolute atomic E-state index is 12.5. The van der Waals surface area contributed by atoms with E-state index in [2.05, 4.69) is 0 Å². The van der Waals surface area contributed by atoms with Crippen molar-refractivity contribution in [3.63, 3.8) is 0 Å². The van der Waals surface area contributed by atoms with Gasteiger partial charge in [0.1, 0.15) is 11.3 Å². The molecule has 0 aliphatic heterocycles. The van der Waals surface area contributed by atoms with Crippen molar-refractivity contribution in [2.24, 2.45) is 5.92 Å². The van der Waals surface area contributed by atoms with Gasteiger partial charge in [-0.3, -0.25) is 4.79 Å². The highest BCUT2D eigenvalue weighted by molar-refractivity contribution is 6.30. The molecule has 1 aliphatic carbocycles. The fourth-order valence-corrected chi connectivity index (χ4v) is 4.01. The van der Waals surface area contributed by atoms with Crippen LogP contribution in [0.2, 0.25) is 5.02 Å². The number of carbonyl (C=O) groups is 1. The first kappa shape index (κ1) is 18.8. The second-order valence-corrected chi connectivity index (χ2v) is 7.75. The van der Waals surface area contributed by atoms with Gasteiger partial charge in [-0.1, -0.05) is 43.0 Å². The SMILES string of the molecule is Cc1c(-c2ccc(Cl)cc2)c(=O)oc2ccc(OC(=O)C3CCCCC3)cc12. The molecule has 0 amide bonds. The smallest absolute Gasteiger partial charge is 0.344 e. The lowest BCUT2D eigenvalue weighted by molar-refractivity contribution is -0.139. The van der Waals surface area contributed by atoms with E-state index in [1.165, 1.54) is 6.42 Å². The van der Waals surface area contributed by atoms with E-state index in [1.807, 2.05) is 6.92 Å². The van der Waals surface area contributed by atoms with Gasteiger partial charge in [0.25, 0.3) is 0 Å². The van der Waals surface area contributed by atoms with Crippen LogP contribution in [0.15, 0.2) is 51.7 Å². The van der Waals surface area contributed by atoms with Gasteiger partial charge in [0.15, 0.2) is 0 Å². The highest BCUT2D eigenvalue weighted by Crippen LogP contribution is 2.31. The molecule has 5 heteroatoms. The van der Waals surface area contributed by atoms with Crippen molar-refractivity contribution in [2.75, 3.05) is 0 Å². The second-order valence-electron chi connectivity index (χ2n) is 7.31. The predicted molar refractivity (Wildman–Crippen MR) is 110 cm³/mol. The van der Waals surface area contributed by atoms with E-state index in [4.69, 9.17) is 20.8 Å². The van der Waals surface area contributed by atoms with Crippen LogP contribution in [-0.4, -0.2) is 5.97 Å². The number of fused-ring (bicyclic) bond motifs is 1. The average molecular weight is 397 g/mol. The summed E-state index contributed by atoms with van der Waals surface area (Å²) in [6.45, 7) is 1.87. The first-order valence-corrected chi connectivity index (χ1v) is 9.96. The van der Waals surface area contributed by atoms with Crippen molar-refractivity contribution in [3.05, 3.63) is 63.5 Å². The van der Waals surface area contributed by atoms with Crippen LogP contribution in [0.5, 0.6) is 5.75 Å². The third-order valence-corrected chi connectivity index (χ3v) is 5.68. The minimum atomic E-state index is -0.403. The first-order valence-electron chi connectivity index (χ1n) is 9.58. The maximum atomic E-state index is 12.5. The summed E-state index contributed by atoms with van der Waals surface area (Å²) in [7, 11) is 0. The summed E-state index contributed by atoms with van der Waals surface area (Å²) in [5.41, 5.74) is 2.07. The highest BCUT2D eigenvalue weighted by Gasteiger charge is 2.23. The van der Waals surface area contributed by atoms with E-state index in [1.54, 1.807) is 42.5 Å². The molecular formula is C23H21ClO4. The zero-order valence-corrected chi connectivity index (χ0v) is 16.4. The summed E-state index contributed by atoms with van der Waals surface area (Å²) in [6, 6.07) is 12.2. The van der Waals surface area contributed by atoms with Gasteiger partial charge in [0.2, 0.25) is 0 Å². The molecule has 144 valence electrons. The maximum Gasteiger partial charge on any atom is 0.344 e. The van der Waals surface area contributed by atoms with Crippen molar-refractivity contribution in [3.8, 4) is 16.9 Å². The monoisotopic (exact) mass is 396 g/mol. The quantitative estimate of drug-likeness (QED) is 0.314. The number of benzene rings is 2. The normalized spacial score (nSPS) is 14.9. The van der Waals surface area contributed by atoms with Gasteiger partial charge in [0, 0.05) is 10.4 Å². The molecule has 1 heterocycles. The zero-order chi connectivity index (χ0) is 19.7. The summed E-state index contributed by atoms with van der Waals surface area (Å²) >= 11 is 5.96. The summed E-state index contributed by atoms with van der Waals surface area (Å²) in [4.78, 5) is 25.0. The molecule has 1 aromatic heterocycles. The average Bonchev–Trinajstić information content (AvgIpc) is 2.70. The molecule has 0 bridgehead atoms. The van der Waals surface area contributed by atoms with Gasteiger partial charge in [-0.2, -0.15) is 0 Å². The van der Waals surface area contributed by atoms with E-state index >= 15 is 0 Å². The predicted octanol–water partition coefficient (Wildman–Crippen LogP) is 5.91. The molecule has 2 aromatic carbocycles. The number of aryl methyl sites for hydroxylation is 1. The summed E-state index contributed by atoms with van der Waals surface area (Å²) in [5, 5.41) is 1.35. The minimum absolute atomic E-state index is 0.0242. The zero-order valence-electron chi connectivity index (χ0n) is 15.7.